The van der Waals surface area contributed by atoms with Crippen molar-refractivity contribution < 1.29 is 5.21 Å². The SMILES string of the molecule is Cc1[nH]cnc1CSCCN=C(N)NO. The van der Waals surface area contributed by atoms with Crippen molar-refractivity contribution in [3.05, 3.63) is 17.7 Å². The first-order valence-corrected chi connectivity index (χ1v) is 5.66. The van der Waals surface area contributed by atoms with E-state index in [1.165, 1.54) is 0 Å². The predicted molar refractivity (Wildman–Crippen MR) is 60.9 cm³/mol. The highest BCUT2D eigenvalue weighted by Gasteiger charge is 1.99. The molecule has 0 amide bonds. The fourth-order valence-electron chi connectivity index (χ4n) is 0.968. The molecule has 6 nitrogen and oxygen atoms in total. The molecule has 0 unspecified atom stereocenters. The molecule has 0 atom stereocenters. The molecule has 0 aliphatic heterocycles. The van der Waals surface area contributed by atoms with Gasteiger partial charge in [-0.1, -0.05) is 0 Å². The van der Waals surface area contributed by atoms with Crippen molar-refractivity contribution in [1.82, 2.24) is 15.4 Å². The Labute approximate surface area is 92.3 Å². The second-order valence-electron chi connectivity index (χ2n) is 2.91. The van der Waals surface area contributed by atoms with E-state index in [0.717, 1.165) is 22.9 Å². The van der Waals surface area contributed by atoms with Crippen LogP contribution in [0.4, 0.5) is 0 Å². The highest BCUT2D eigenvalue weighted by Crippen LogP contribution is 2.11. The topological polar surface area (TPSA) is 99.3 Å². The molecule has 0 radical (unpaired) electrons. The lowest BCUT2D eigenvalue weighted by molar-refractivity contribution is 0.232. The van der Waals surface area contributed by atoms with Gasteiger partial charge in [0.25, 0.3) is 0 Å². The highest BCUT2D eigenvalue weighted by atomic mass is 32.2. The van der Waals surface area contributed by atoms with Gasteiger partial charge in [-0.05, 0) is 6.92 Å². The van der Waals surface area contributed by atoms with E-state index in [1.54, 1.807) is 23.6 Å². The number of nitrogens with zero attached hydrogens (tertiary/aromatic N) is 2. The summed E-state index contributed by atoms with van der Waals surface area (Å²) < 4.78 is 0. The molecule has 1 aromatic rings. The summed E-state index contributed by atoms with van der Waals surface area (Å²) in [7, 11) is 0. The number of nitrogens with one attached hydrogen (secondary N) is 2. The van der Waals surface area contributed by atoms with E-state index < -0.39 is 0 Å². The fraction of sp³-hybridized carbons (Fsp3) is 0.500. The van der Waals surface area contributed by atoms with Crippen LogP contribution in [-0.4, -0.2) is 33.4 Å². The van der Waals surface area contributed by atoms with E-state index in [-0.39, 0.29) is 5.96 Å². The zero-order valence-electron chi connectivity index (χ0n) is 8.53. The van der Waals surface area contributed by atoms with Gasteiger partial charge in [0.05, 0.1) is 18.6 Å². The fourth-order valence-corrected chi connectivity index (χ4v) is 1.82. The lowest BCUT2D eigenvalue weighted by Gasteiger charge is -1.99. The summed E-state index contributed by atoms with van der Waals surface area (Å²) in [6.07, 6.45) is 1.69. The van der Waals surface area contributed by atoms with Gasteiger partial charge in [-0.25, -0.2) is 10.5 Å². The van der Waals surface area contributed by atoms with E-state index in [1.807, 2.05) is 6.92 Å². The smallest absolute Gasteiger partial charge is 0.212 e. The first kappa shape index (κ1) is 11.9. The van der Waals surface area contributed by atoms with Crippen molar-refractivity contribution in [3.63, 3.8) is 0 Å². The average molecular weight is 229 g/mol. The quantitative estimate of drug-likeness (QED) is 0.251. The molecule has 15 heavy (non-hydrogen) atoms. The van der Waals surface area contributed by atoms with Crippen LogP contribution < -0.4 is 11.2 Å². The molecule has 1 rings (SSSR count). The molecule has 0 fully saturated rings. The summed E-state index contributed by atoms with van der Waals surface area (Å²) in [6.45, 7) is 2.57. The number of imidazole rings is 1. The lowest BCUT2D eigenvalue weighted by Crippen LogP contribution is -2.28. The van der Waals surface area contributed by atoms with Crippen LogP contribution in [0, 0.1) is 6.92 Å². The average Bonchev–Trinajstić information content (AvgIpc) is 2.63. The number of aromatic amines is 1. The third-order valence-electron chi connectivity index (χ3n) is 1.81. The number of hydroxylamine groups is 1. The summed E-state index contributed by atoms with van der Waals surface area (Å²) >= 11 is 1.72. The van der Waals surface area contributed by atoms with Crippen LogP contribution >= 0.6 is 11.8 Å². The minimum absolute atomic E-state index is 0.0477. The number of aliphatic imine (C=N–C) groups is 1. The third kappa shape index (κ3) is 4.22. The Morgan fingerprint density at radius 3 is 3.20 bits per heavy atom. The number of nitrogens with two attached hydrogens (primary N) is 1. The van der Waals surface area contributed by atoms with Gasteiger partial charge in [-0.15, -0.1) is 0 Å². The summed E-state index contributed by atoms with van der Waals surface area (Å²) in [5.74, 6) is 1.75. The molecular weight excluding hydrogens is 214 g/mol. The zero-order valence-corrected chi connectivity index (χ0v) is 9.34. The number of aryl methyl sites for hydroxylation is 1. The van der Waals surface area contributed by atoms with Crippen molar-refractivity contribution in [2.24, 2.45) is 10.7 Å². The predicted octanol–water partition coefficient (Wildman–Crippen LogP) is 0.245. The van der Waals surface area contributed by atoms with Gasteiger partial charge < -0.3 is 10.7 Å². The van der Waals surface area contributed by atoms with Crippen LogP contribution in [0.3, 0.4) is 0 Å². The Hall–Kier alpha value is -1.21. The monoisotopic (exact) mass is 229 g/mol. The van der Waals surface area contributed by atoms with E-state index >= 15 is 0 Å². The molecule has 5 N–H and O–H groups in total. The second-order valence-corrected chi connectivity index (χ2v) is 4.01. The van der Waals surface area contributed by atoms with Crippen molar-refractivity contribution >= 4 is 17.7 Å². The van der Waals surface area contributed by atoms with Gasteiger partial charge in [0, 0.05) is 17.2 Å². The minimum Gasteiger partial charge on any atom is -0.368 e. The molecule has 1 aromatic heterocycles. The molecule has 7 heteroatoms. The largest absolute Gasteiger partial charge is 0.368 e. The lowest BCUT2D eigenvalue weighted by atomic mass is 10.4. The molecule has 1 heterocycles. The van der Waals surface area contributed by atoms with E-state index in [0.29, 0.717) is 6.54 Å². The number of H-pyrrole nitrogens is 1. The maximum absolute atomic E-state index is 8.35. The van der Waals surface area contributed by atoms with Gasteiger partial charge in [-0.2, -0.15) is 11.8 Å². The van der Waals surface area contributed by atoms with Crippen molar-refractivity contribution in [2.45, 2.75) is 12.7 Å². The molecular formula is C8H15N5OS. The first-order valence-electron chi connectivity index (χ1n) is 4.50. The van der Waals surface area contributed by atoms with Gasteiger partial charge in [0.15, 0.2) is 0 Å². The third-order valence-corrected chi connectivity index (χ3v) is 2.75. The van der Waals surface area contributed by atoms with Crippen LogP contribution in [0.1, 0.15) is 11.4 Å². The van der Waals surface area contributed by atoms with Crippen molar-refractivity contribution in [3.8, 4) is 0 Å². The maximum atomic E-state index is 8.35. The van der Waals surface area contributed by atoms with Crippen LogP contribution in [-0.2, 0) is 5.75 Å². The maximum Gasteiger partial charge on any atom is 0.212 e. The van der Waals surface area contributed by atoms with E-state index in [9.17, 15) is 0 Å². The standard InChI is InChI=1S/C8H15N5OS/c1-6-7(12-5-11-6)4-15-3-2-10-8(9)13-14/h5,14H,2-4H2,1H3,(H,11,12)(H3,9,10,13). The van der Waals surface area contributed by atoms with Crippen LogP contribution in [0.15, 0.2) is 11.3 Å². The van der Waals surface area contributed by atoms with E-state index in [4.69, 9.17) is 10.9 Å². The minimum atomic E-state index is 0.0477. The molecule has 0 saturated carbocycles. The molecule has 0 aromatic carbocycles. The van der Waals surface area contributed by atoms with Crippen LogP contribution in [0.2, 0.25) is 0 Å². The number of rotatable bonds is 5. The van der Waals surface area contributed by atoms with Crippen LogP contribution in [0.5, 0.6) is 0 Å². The molecule has 0 saturated heterocycles. The van der Waals surface area contributed by atoms with Gasteiger partial charge in [-0.3, -0.25) is 10.2 Å². The first-order chi connectivity index (χ1) is 7.24. The Morgan fingerprint density at radius 2 is 2.60 bits per heavy atom. The molecule has 0 aliphatic rings. The number of guanidine groups is 1. The van der Waals surface area contributed by atoms with Crippen molar-refractivity contribution in [1.29, 1.82) is 0 Å². The number of hydrogen-bond acceptors (Lipinski definition) is 4. The van der Waals surface area contributed by atoms with Gasteiger partial charge >= 0.3 is 0 Å². The summed E-state index contributed by atoms with van der Waals surface area (Å²) in [4.78, 5) is 11.1. The Kier molecular flexibility index (Phi) is 4.99. The molecule has 84 valence electrons. The number of aromatic nitrogens is 2. The zero-order chi connectivity index (χ0) is 11.1. The van der Waals surface area contributed by atoms with Gasteiger partial charge in [0.2, 0.25) is 5.96 Å². The molecule has 0 bridgehead atoms. The molecule has 0 spiro atoms. The van der Waals surface area contributed by atoms with Crippen molar-refractivity contribution in [2.75, 3.05) is 12.3 Å². The molecule has 0 aliphatic carbocycles. The highest BCUT2D eigenvalue weighted by molar-refractivity contribution is 7.98. The summed E-state index contributed by atoms with van der Waals surface area (Å²) in [5, 5.41) is 8.35. The van der Waals surface area contributed by atoms with E-state index in [2.05, 4.69) is 15.0 Å². The summed E-state index contributed by atoms with van der Waals surface area (Å²) in [5.41, 5.74) is 9.18. The van der Waals surface area contributed by atoms with Crippen LogP contribution in [0.25, 0.3) is 0 Å². The normalized spacial score (nSPS) is 11.7. The number of hydrogen-bond donors (Lipinski definition) is 4. The Bertz CT molecular complexity index is 325. The van der Waals surface area contributed by atoms with Gasteiger partial charge in [0.1, 0.15) is 0 Å². The second kappa shape index (κ2) is 6.31. The Morgan fingerprint density at radius 1 is 1.80 bits per heavy atom. The Balaban J connectivity index is 2.15. The summed E-state index contributed by atoms with van der Waals surface area (Å²) in [6, 6.07) is 0. The number of thioether (sulfide) groups is 1.